The Balaban J connectivity index is 1.05. The van der Waals surface area contributed by atoms with Gasteiger partial charge >= 0.3 is 0 Å². The Labute approximate surface area is 367 Å². The molecule has 0 atom stereocenters. The van der Waals surface area contributed by atoms with E-state index in [-0.39, 0.29) is 0 Å². The van der Waals surface area contributed by atoms with Crippen LogP contribution in [0.4, 0.5) is 0 Å². The molecular formula is C56H34N6S. The van der Waals surface area contributed by atoms with E-state index in [1.807, 2.05) is 109 Å². The van der Waals surface area contributed by atoms with Crippen molar-refractivity contribution in [2.45, 2.75) is 0 Å². The van der Waals surface area contributed by atoms with Crippen LogP contribution >= 0.6 is 11.3 Å². The van der Waals surface area contributed by atoms with Gasteiger partial charge in [0.05, 0.1) is 22.8 Å². The van der Waals surface area contributed by atoms with Crippen LogP contribution in [0.15, 0.2) is 207 Å². The van der Waals surface area contributed by atoms with Crippen molar-refractivity contribution in [3.05, 3.63) is 207 Å². The van der Waals surface area contributed by atoms with Crippen LogP contribution in [0.25, 0.3) is 121 Å². The third-order valence-electron chi connectivity index (χ3n) is 11.6. The fourth-order valence-electron chi connectivity index (χ4n) is 8.78. The van der Waals surface area contributed by atoms with E-state index < -0.39 is 0 Å². The summed E-state index contributed by atoms with van der Waals surface area (Å²) in [6.45, 7) is 0. The molecule has 5 aromatic heterocycles. The van der Waals surface area contributed by atoms with Crippen molar-refractivity contribution in [3.8, 4) is 79.2 Å². The van der Waals surface area contributed by atoms with E-state index in [9.17, 15) is 0 Å². The molecule has 7 aromatic carbocycles. The van der Waals surface area contributed by atoms with Gasteiger partial charge in [-0.05, 0) is 92.3 Å². The summed E-state index contributed by atoms with van der Waals surface area (Å²) < 4.78 is 2.34. The molecule has 5 heterocycles. The van der Waals surface area contributed by atoms with Crippen molar-refractivity contribution in [3.63, 3.8) is 0 Å². The molecule has 0 amide bonds. The Morgan fingerprint density at radius 3 is 1.33 bits per heavy atom. The van der Waals surface area contributed by atoms with Crippen LogP contribution in [-0.2, 0) is 0 Å². The molecule has 0 spiro atoms. The third-order valence-corrected chi connectivity index (χ3v) is 12.8. The second-order valence-corrected chi connectivity index (χ2v) is 16.5. The predicted molar refractivity (Wildman–Crippen MR) is 259 cm³/mol. The number of hydrogen-bond acceptors (Lipinski definition) is 7. The van der Waals surface area contributed by atoms with E-state index in [0.717, 1.165) is 71.6 Å². The van der Waals surface area contributed by atoms with Crippen LogP contribution in [0.5, 0.6) is 0 Å². The minimum Gasteiger partial charge on any atom is -0.255 e. The van der Waals surface area contributed by atoms with E-state index in [4.69, 9.17) is 29.9 Å². The van der Waals surface area contributed by atoms with Gasteiger partial charge in [0.15, 0.2) is 17.5 Å². The summed E-state index contributed by atoms with van der Waals surface area (Å²) in [4.78, 5) is 29.7. The van der Waals surface area contributed by atoms with Gasteiger partial charge < -0.3 is 0 Å². The average molecular weight is 823 g/mol. The van der Waals surface area contributed by atoms with Gasteiger partial charge in [-0.2, -0.15) is 0 Å². The molecule has 6 nitrogen and oxygen atoms in total. The zero-order valence-electron chi connectivity index (χ0n) is 33.7. The lowest BCUT2D eigenvalue weighted by atomic mass is 9.85. The van der Waals surface area contributed by atoms with E-state index in [1.165, 1.54) is 31.8 Å². The van der Waals surface area contributed by atoms with E-state index in [0.29, 0.717) is 17.5 Å². The van der Waals surface area contributed by atoms with Crippen molar-refractivity contribution >= 4 is 53.1 Å². The lowest BCUT2D eigenvalue weighted by molar-refractivity contribution is 1.08. The Kier molecular flexibility index (Phi) is 8.90. The quantitative estimate of drug-likeness (QED) is 0.149. The Hall–Kier alpha value is -8.26. The second kappa shape index (κ2) is 15.3. The highest BCUT2D eigenvalue weighted by molar-refractivity contribution is 7.26. The van der Waals surface area contributed by atoms with Crippen LogP contribution in [0.2, 0.25) is 0 Å². The first-order valence-corrected chi connectivity index (χ1v) is 21.7. The summed E-state index contributed by atoms with van der Waals surface area (Å²) in [5.74, 6) is 1.95. The molecule has 0 aliphatic rings. The normalized spacial score (nSPS) is 11.5. The first-order chi connectivity index (χ1) is 31.2. The molecule has 0 aliphatic carbocycles. The number of aromatic nitrogens is 6. The smallest absolute Gasteiger partial charge is 0.165 e. The van der Waals surface area contributed by atoms with Crippen LogP contribution in [0, 0.1) is 0 Å². The monoisotopic (exact) mass is 822 g/mol. The molecule has 63 heavy (non-hydrogen) atoms. The molecule has 12 aromatic rings. The minimum atomic E-state index is 0.648. The number of fused-ring (bicyclic) bond motifs is 5. The molecule has 0 unspecified atom stereocenters. The van der Waals surface area contributed by atoms with Crippen LogP contribution in [-0.4, -0.2) is 29.9 Å². The topological polar surface area (TPSA) is 77.3 Å². The molecular weight excluding hydrogens is 789 g/mol. The van der Waals surface area contributed by atoms with Gasteiger partial charge in [-0.15, -0.1) is 11.3 Å². The fraction of sp³-hybridized carbons (Fsp3) is 0. The molecule has 0 bridgehead atoms. The SMILES string of the molecule is c1ccc(-c2nc(-c3ccccc3)nc(-c3cccc4c3sc3cc(-c5c6ccccc6c(-c6cc(-c7ccccn7)nc(-c7ccccn7)c6)c6ccccc56)ccc34)n2)cc1. The van der Waals surface area contributed by atoms with Gasteiger partial charge in [0.1, 0.15) is 0 Å². The molecule has 0 saturated heterocycles. The van der Waals surface area contributed by atoms with Crippen LogP contribution < -0.4 is 0 Å². The summed E-state index contributed by atoms with van der Waals surface area (Å²) in [5, 5.41) is 7.05. The maximum Gasteiger partial charge on any atom is 0.165 e. The predicted octanol–water partition coefficient (Wildman–Crippen LogP) is 14.4. The van der Waals surface area contributed by atoms with Crippen molar-refractivity contribution in [1.29, 1.82) is 0 Å². The number of benzene rings is 7. The largest absolute Gasteiger partial charge is 0.255 e. The van der Waals surface area contributed by atoms with Gasteiger partial charge in [-0.3, -0.25) is 9.97 Å². The number of nitrogens with zero attached hydrogens (tertiary/aromatic N) is 6. The molecule has 12 rings (SSSR count). The first kappa shape index (κ1) is 36.6. The zero-order chi connectivity index (χ0) is 41.7. The van der Waals surface area contributed by atoms with Gasteiger partial charge in [0.25, 0.3) is 0 Å². The molecule has 7 heteroatoms. The first-order valence-electron chi connectivity index (χ1n) is 20.9. The van der Waals surface area contributed by atoms with E-state index >= 15 is 0 Å². The summed E-state index contributed by atoms with van der Waals surface area (Å²) in [7, 11) is 0. The summed E-state index contributed by atoms with van der Waals surface area (Å²) in [6.07, 6.45) is 3.63. The number of hydrogen-bond donors (Lipinski definition) is 0. The molecule has 0 radical (unpaired) electrons. The van der Waals surface area contributed by atoms with Gasteiger partial charge in [-0.1, -0.05) is 146 Å². The Morgan fingerprint density at radius 1 is 0.302 bits per heavy atom. The zero-order valence-corrected chi connectivity index (χ0v) is 34.5. The fourth-order valence-corrected chi connectivity index (χ4v) is 10.0. The highest BCUT2D eigenvalue weighted by Gasteiger charge is 2.21. The van der Waals surface area contributed by atoms with Crippen molar-refractivity contribution in [2.24, 2.45) is 0 Å². The average Bonchev–Trinajstić information content (AvgIpc) is 3.74. The summed E-state index contributed by atoms with van der Waals surface area (Å²) in [5.41, 5.74) is 10.7. The Morgan fingerprint density at radius 2 is 0.794 bits per heavy atom. The summed E-state index contributed by atoms with van der Waals surface area (Å²) in [6, 6.07) is 67.4. The van der Waals surface area contributed by atoms with Crippen molar-refractivity contribution in [2.75, 3.05) is 0 Å². The van der Waals surface area contributed by atoms with E-state index in [2.05, 4.69) is 97.1 Å². The molecule has 294 valence electrons. The third kappa shape index (κ3) is 6.50. The van der Waals surface area contributed by atoms with Crippen LogP contribution in [0.1, 0.15) is 0 Å². The number of thiophene rings is 1. The van der Waals surface area contributed by atoms with Gasteiger partial charge in [0.2, 0.25) is 0 Å². The molecule has 0 fully saturated rings. The van der Waals surface area contributed by atoms with Crippen LogP contribution in [0.3, 0.4) is 0 Å². The lowest BCUT2D eigenvalue weighted by Crippen LogP contribution is -2.00. The lowest BCUT2D eigenvalue weighted by Gasteiger charge is -2.18. The molecule has 0 N–H and O–H groups in total. The molecule has 0 aliphatic heterocycles. The highest BCUT2D eigenvalue weighted by Crippen LogP contribution is 2.47. The highest BCUT2D eigenvalue weighted by atomic mass is 32.1. The van der Waals surface area contributed by atoms with Crippen molar-refractivity contribution < 1.29 is 0 Å². The minimum absolute atomic E-state index is 0.648. The number of pyridine rings is 3. The van der Waals surface area contributed by atoms with Gasteiger partial charge in [0, 0.05) is 49.3 Å². The Bertz CT molecular complexity index is 3500. The summed E-state index contributed by atoms with van der Waals surface area (Å²) >= 11 is 1.79. The number of rotatable bonds is 7. The maximum absolute atomic E-state index is 5.11. The van der Waals surface area contributed by atoms with Crippen molar-refractivity contribution in [1.82, 2.24) is 29.9 Å². The second-order valence-electron chi connectivity index (χ2n) is 15.4. The van der Waals surface area contributed by atoms with E-state index in [1.54, 1.807) is 11.3 Å². The van der Waals surface area contributed by atoms with Gasteiger partial charge in [-0.25, -0.2) is 19.9 Å². The molecule has 0 saturated carbocycles. The standard InChI is InChI=1S/C56H34N6S/c1-3-16-35(17-4-1)54-60-55(36-18-5-2-6-19-36)62-56(61-54)45-25-15-24-44-39-29-28-37(34-50(39)63-53(44)45)51-40-20-7-9-22-42(40)52(43-23-10-8-21-41(43)51)38-32-48(46-26-11-13-30-57-46)59-49(33-38)47-27-12-14-31-58-47/h1-34H. The maximum atomic E-state index is 5.11.